The molecular weight excluding hydrogens is 479 g/mol. The molecule has 3 rings (SSSR count). The number of aryl methyl sites for hydroxylation is 1. The van der Waals surface area contributed by atoms with Crippen molar-refractivity contribution in [3.05, 3.63) is 29.3 Å². The third-order valence-electron chi connectivity index (χ3n) is 6.19. The highest BCUT2D eigenvalue weighted by molar-refractivity contribution is 7.89. The molecule has 4 N–H and O–H groups in total. The maximum atomic E-state index is 13.1. The second-order valence-corrected chi connectivity index (χ2v) is 10.4. The Morgan fingerprint density at radius 2 is 2.00 bits per heavy atom. The van der Waals surface area contributed by atoms with Gasteiger partial charge in [-0.25, -0.2) is 18.4 Å². The van der Waals surface area contributed by atoms with Gasteiger partial charge in [0.25, 0.3) is 0 Å². The molecule has 0 saturated carbocycles. The van der Waals surface area contributed by atoms with E-state index in [1.54, 1.807) is 6.92 Å². The predicted molar refractivity (Wildman–Crippen MR) is 126 cm³/mol. The number of Topliss-reactive ketones (excluding diaryl/α,β-unsaturated/α-hetero) is 1. The van der Waals surface area contributed by atoms with E-state index in [1.165, 1.54) is 4.90 Å². The van der Waals surface area contributed by atoms with Gasteiger partial charge in [-0.3, -0.25) is 19.3 Å². The van der Waals surface area contributed by atoms with Crippen molar-refractivity contribution < 1.29 is 37.3 Å². The number of amides is 4. The number of hydrogen-bond donors (Lipinski definition) is 3. The Morgan fingerprint density at radius 3 is 2.66 bits per heavy atom. The number of benzene rings is 1. The number of nitrogens with two attached hydrogens (primary N) is 1. The van der Waals surface area contributed by atoms with Crippen LogP contribution in [0.4, 0.5) is 4.79 Å². The first-order valence-electron chi connectivity index (χ1n) is 11.3. The van der Waals surface area contributed by atoms with Crippen LogP contribution in [-0.2, 0) is 30.8 Å². The number of ketones is 1. The lowest BCUT2D eigenvalue weighted by molar-refractivity contribution is -0.153. The van der Waals surface area contributed by atoms with E-state index in [9.17, 15) is 32.6 Å². The van der Waals surface area contributed by atoms with Gasteiger partial charge in [0.05, 0.1) is 11.8 Å². The fraction of sp³-hybridized carbons (Fsp3) is 0.524. The minimum atomic E-state index is -3.95. The van der Waals surface area contributed by atoms with Crippen molar-refractivity contribution >= 4 is 40.8 Å². The molecule has 35 heavy (non-hydrogen) atoms. The van der Waals surface area contributed by atoms with E-state index >= 15 is 0 Å². The van der Waals surface area contributed by atoms with Gasteiger partial charge in [-0.2, -0.15) is 0 Å². The van der Waals surface area contributed by atoms with Crippen LogP contribution in [0.5, 0.6) is 5.75 Å². The molecule has 2 heterocycles. The van der Waals surface area contributed by atoms with Crippen molar-refractivity contribution in [1.82, 2.24) is 15.1 Å². The van der Waals surface area contributed by atoms with Gasteiger partial charge < -0.3 is 19.9 Å². The van der Waals surface area contributed by atoms with Gasteiger partial charge in [0.15, 0.2) is 5.78 Å². The largest absolute Gasteiger partial charge is 0.536 e. The van der Waals surface area contributed by atoms with Gasteiger partial charge in [0.2, 0.25) is 10.0 Å². The molecule has 0 aliphatic carbocycles. The monoisotopic (exact) mass is 508 g/mol. The Labute approximate surface area is 204 Å². The number of hydrogen-bond acceptors (Lipinski definition) is 8. The smallest absolute Gasteiger partial charge is 0.526 e. The van der Waals surface area contributed by atoms with Crippen LogP contribution in [0.1, 0.15) is 30.9 Å². The van der Waals surface area contributed by atoms with Crippen LogP contribution < -0.4 is 15.1 Å². The van der Waals surface area contributed by atoms with Crippen molar-refractivity contribution in [2.45, 2.75) is 45.0 Å². The number of piperazine rings is 1. The first kappa shape index (κ1) is 26.6. The lowest BCUT2D eigenvalue weighted by Gasteiger charge is -2.33. The third-order valence-corrected chi connectivity index (χ3v) is 7.00. The van der Waals surface area contributed by atoms with E-state index in [1.807, 2.05) is 25.1 Å². The van der Waals surface area contributed by atoms with Crippen molar-refractivity contribution in [1.29, 1.82) is 0 Å². The minimum absolute atomic E-state index is 0.0638. The molecule has 1 saturated heterocycles. The summed E-state index contributed by atoms with van der Waals surface area (Å²) < 4.78 is 28.6. The van der Waals surface area contributed by atoms with Crippen LogP contribution in [0, 0.1) is 6.92 Å². The SMILES string of the molecule is CCN1CCN(C(=O)NC(CCS(N)(=O)=O)C(=O)C[C@H]2Cc3cccc(C)c3OB2O)C(=O)C1=O. The highest BCUT2D eigenvalue weighted by Gasteiger charge is 2.40. The van der Waals surface area contributed by atoms with E-state index in [4.69, 9.17) is 9.79 Å². The summed E-state index contributed by atoms with van der Waals surface area (Å²) in [5.41, 5.74) is 1.66. The summed E-state index contributed by atoms with van der Waals surface area (Å²) in [6, 6.07) is 3.21. The number of nitrogens with zero attached hydrogens (tertiary/aromatic N) is 2. The van der Waals surface area contributed by atoms with E-state index in [-0.39, 0.29) is 25.9 Å². The zero-order valence-corrected chi connectivity index (χ0v) is 20.4. The molecule has 14 heteroatoms. The maximum absolute atomic E-state index is 13.1. The molecule has 0 bridgehead atoms. The summed E-state index contributed by atoms with van der Waals surface area (Å²) in [6.07, 6.45) is -0.216. The Balaban J connectivity index is 1.73. The molecule has 190 valence electrons. The number of urea groups is 1. The van der Waals surface area contributed by atoms with Gasteiger partial charge in [0.1, 0.15) is 5.75 Å². The van der Waals surface area contributed by atoms with Crippen molar-refractivity contribution in [3.63, 3.8) is 0 Å². The molecule has 0 aromatic heterocycles. The highest BCUT2D eigenvalue weighted by Crippen LogP contribution is 2.36. The average molecular weight is 508 g/mol. The van der Waals surface area contributed by atoms with Gasteiger partial charge in [0, 0.05) is 31.9 Å². The number of primary sulfonamides is 1. The molecule has 0 spiro atoms. The van der Waals surface area contributed by atoms with Crippen LogP contribution in [0.15, 0.2) is 18.2 Å². The zero-order chi connectivity index (χ0) is 25.9. The number of rotatable bonds is 8. The fourth-order valence-electron chi connectivity index (χ4n) is 4.21. The Kier molecular flexibility index (Phi) is 8.18. The molecule has 1 unspecified atom stereocenters. The van der Waals surface area contributed by atoms with E-state index in [0.717, 1.165) is 11.1 Å². The van der Waals surface area contributed by atoms with Crippen molar-refractivity contribution in [3.8, 4) is 5.75 Å². The Morgan fingerprint density at radius 1 is 1.29 bits per heavy atom. The van der Waals surface area contributed by atoms with Crippen LogP contribution in [-0.4, -0.2) is 85.4 Å². The zero-order valence-electron chi connectivity index (χ0n) is 19.6. The number of nitrogens with one attached hydrogen (secondary N) is 1. The van der Waals surface area contributed by atoms with E-state index in [0.29, 0.717) is 23.6 Å². The summed E-state index contributed by atoms with van der Waals surface area (Å²) >= 11 is 0. The molecule has 1 aromatic carbocycles. The standard InChI is InChI=1S/C21H29BN4O8S/c1-3-25-8-9-26(20(29)19(25)28)21(30)24-16(7-10-35(23,32)33)17(27)12-15-11-14-6-4-5-13(2)18(14)34-22(15)31/h4-6,15-16,31H,3,7-12H2,1-2H3,(H,24,30)(H2,23,32,33)/t15-,16?/m1/s1. The molecule has 0 radical (unpaired) electrons. The average Bonchev–Trinajstić information content (AvgIpc) is 2.78. The normalized spacial score (nSPS) is 19.2. The van der Waals surface area contributed by atoms with E-state index in [2.05, 4.69) is 5.32 Å². The summed E-state index contributed by atoms with van der Waals surface area (Å²) in [7, 11) is -5.23. The lowest BCUT2D eigenvalue weighted by atomic mass is 9.64. The number of para-hydroxylation sites is 1. The van der Waals surface area contributed by atoms with Crippen LogP contribution in [0.2, 0.25) is 5.82 Å². The van der Waals surface area contributed by atoms with Gasteiger partial charge in [-0.15, -0.1) is 0 Å². The lowest BCUT2D eigenvalue weighted by Crippen LogP contribution is -2.60. The molecule has 4 amide bonds. The second kappa shape index (κ2) is 10.7. The van der Waals surface area contributed by atoms with E-state index < -0.39 is 58.4 Å². The highest BCUT2D eigenvalue weighted by atomic mass is 32.2. The number of fused-ring (bicyclic) bond motifs is 1. The number of carbonyl (C=O) groups is 4. The van der Waals surface area contributed by atoms with Crippen LogP contribution in [0.3, 0.4) is 0 Å². The fourth-order valence-corrected chi connectivity index (χ4v) is 4.77. The van der Waals surface area contributed by atoms with Gasteiger partial charge in [-0.1, -0.05) is 18.2 Å². The molecule has 1 fully saturated rings. The summed E-state index contributed by atoms with van der Waals surface area (Å²) in [5, 5.41) is 17.9. The molecule has 1 aromatic rings. The summed E-state index contributed by atoms with van der Waals surface area (Å²) in [4.78, 5) is 52.3. The number of imide groups is 1. The Hall–Kier alpha value is -2.97. The second-order valence-electron chi connectivity index (χ2n) is 8.71. The van der Waals surface area contributed by atoms with Crippen LogP contribution >= 0.6 is 0 Å². The number of sulfonamides is 1. The first-order chi connectivity index (χ1) is 16.4. The number of carbonyl (C=O) groups excluding carboxylic acids is 4. The third kappa shape index (κ3) is 6.38. The Bertz CT molecular complexity index is 1130. The predicted octanol–water partition coefficient (Wildman–Crippen LogP) is -0.813. The van der Waals surface area contributed by atoms with Crippen molar-refractivity contribution in [2.75, 3.05) is 25.4 Å². The quantitative estimate of drug-likeness (QED) is 0.302. The molecular formula is C21H29BN4O8S. The molecule has 2 aliphatic heterocycles. The van der Waals surface area contributed by atoms with Crippen LogP contribution in [0.25, 0.3) is 0 Å². The van der Waals surface area contributed by atoms with Gasteiger partial charge in [-0.05, 0) is 37.8 Å². The first-order valence-corrected chi connectivity index (χ1v) is 13.0. The molecule has 2 aliphatic rings. The number of likely N-dealkylation sites (N-methyl/N-ethyl adjacent to an activating group) is 1. The summed E-state index contributed by atoms with van der Waals surface area (Å²) in [5.74, 6) is -3.10. The maximum Gasteiger partial charge on any atom is 0.526 e. The minimum Gasteiger partial charge on any atom is -0.536 e. The summed E-state index contributed by atoms with van der Waals surface area (Å²) in [6.45, 7) is 3.93. The molecule has 12 nitrogen and oxygen atoms in total. The van der Waals surface area contributed by atoms with Gasteiger partial charge >= 0.3 is 25.0 Å². The van der Waals surface area contributed by atoms with Crippen molar-refractivity contribution in [2.24, 2.45) is 5.14 Å². The molecule has 2 atom stereocenters. The topological polar surface area (TPSA) is 176 Å².